The number of hydrogen-bond donors (Lipinski definition) is 0. The number of halogens is 1. The topological polar surface area (TPSA) is 9.23 Å². The molecule has 1 fully saturated rings. The van der Waals surface area contributed by atoms with Crippen LogP contribution in [0.25, 0.3) is 0 Å². The van der Waals surface area contributed by atoms with E-state index in [1.807, 2.05) is 18.2 Å². The van der Waals surface area contributed by atoms with E-state index in [0.29, 0.717) is 0 Å². The summed E-state index contributed by atoms with van der Waals surface area (Å²) in [6.45, 7) is 2.85. The molecule has 0 amide bonds. The molecule has 1 nitrogen and oxygen atoms in total. The lowest BCUT2D eigenvalue weighted by Gasteiger charge is -2.33. The van der Waals surface area contributed by atoms with Gasteiger partial charge in [-0.3, -0.25) is 0 Å². The molecule has 1 aliphatic rings. The maximum Gasteiger partial charge on any atom is 0.0841 e. The first-order valence-corrected chi connectivity index (χ1v) is 5.41. The lowest BCUT2D eigenvalue weighted by Crippen LogP contribution is -2.29. The van der Waals surface area contributed by atoms with Crippen LogP contribution in [0.1, 0.15) is 31.4 Å². The Morgan fingerprint density at radius 1 is 1.36 bits per heavy atom. The number of alkyl halides is 1. The third-order valence-corrected chi connectivity index (χ3v) is 3.07. The summed E-state index contributed by atoms with van der Waals surface area (Å²) in [6, 6.07) is 10.3. The Morgan fingerprint density at radius 2 is 2.07 bits per heavy atom. The highest BCUT2D eigenvalue weighted by Crippen LogP contribution is 2.37. The molecule has 0 aliphatic carbocycles. The zero-order valence-corrected chi connectivity index (χ0v) is 9.13. The summed E-state index contributed by atoms with van der Waals surface area (Å²) in [7, 11) is 0. The number of benzene rings is 1. The second-order valence-corrected chi connectivity index (χ2v) is 5.05. The maximum absolute atomic E-state index is 6.34. The molecule has 2 heteroatoms. The van der Waals surface area contributed by atoms with Crippen molar-refractivity contribution >= 4 is 11.6 Å². The van der Waals surface area contributed by atoms with Crippen LogP contribution in [-0.2, 0) is 4.74 Å². The molecule has 0 aromatic heterocycles. The second-order valence-electron chi connectivity index (χ2n) is 4.14. The molecule has 1 aromatic rings. The van der Waals surface area contributed by atoms with Crippen molar-refractivity contribution < 1.29 is 4.74 Å². The first kappa shape index (κ1) is 10.0. The van der Waals surface area contributed by atoms with Crippen LogP contribution >= 0.6 is 11.6 Å². The van der Waals surface area contributed by atoms with Gasteiger partial charge in [-0.2, -0.15) is 0 Å². The molecule has 2 unspecified atom stereocenters. The summed E-state index contributed by atoms with van der Waals surface area (Å²) in [4.78, 5) is -0.0985. The molecule has 14 heavy (non-hydrogen) atoms. The van der Waals surface area contributed by atoms with Crippen LogP contribution in [0.3, 0.4) is 0 Å². The van der Waals surface area contributed by atoms with Gasteiger partial charge in [0.05, 0.1) is 6.10 Å². The van der Waals surface area contributed by atoms with E-state index in [2.05, 4.69) is 19.1 Å². The zero-order valence-electron chi connectivity index (χ0n) is 8.37. The van der Waals surface area contributed by atoms with Crippen molar-refractivity contribution in [1.29, 1.82) is 0 Å². The fourth-order valence-electron chi connectivity index (χ4n) is 1.84. The molecule has 0 N–H and O–H groups in total. The molecule has 1 aliphatic heterocycles. The maximum atomic E-state index is 6.34. The molecule has 0 radical (unpaired) electrons. The fraction of sp³-hybridized carbons (Fsp3) is 0.500. The highest BCUT2D eigenvalue weighted by molar-refractivity contribution is 6.23. The van der Waals surface area contributed by atoms with Crippen molar-refractivity contribution in [2.24, 2.45) is 0 Å². The van der Waals surface area contributed by atoms with E-state index >= 15 is 0 Å². The summed E-state index contributed by atoms with van der Waals surface area (Å²) < 4.78 is 5.72. The molecular weight excluding hydrogens is 196 g/mol. The Bertz CT molecular complexity index is 294. The summed E-state index contributed by atoms with van der Waals surface area (Å²) in [6.07, 6.45) is 2.02. The molecule has 2 atom stereocenters. The summed E-state index contributed by atoms with van der Waals surface area (Å²) in [5.41, 5.74) is 1.24. The number of ether oxygens (including phenoxy) is 1. The van der Waals surface area contributed by atoms with Crippen LogP contribution in [0.15, 0.2) is 30.3 Å². The van der Waals surface area contributed by atoms with Gasteiger partial charge < -0.3 is 4.74 Å². The van der Waals surface area contributed by atoms with E-state index in [1.165, 1.54) is 5.56 Å². The molecule has 76 valence electrons. The highest BCUT2D eigenvalue weighted by Gasteiger charge is 2.31. The van der Waals surface area contributed by atoms with Gasteiger partial charge in [0.15, 0.2) is 0 Å². The summed E-state index contributed by atoms with van der Waals surface area (Å²) >= 11 is 6.34. The Labute approximate surface area is 90.0 Å². The lowest BCUT2D eigenvalue weighted by atomic mass is 9.93. The molecular formula is C12H15ClO. The molecule has 2 rings (SSSR count). The van der Waals surface area contributed by atoms with Crippen molar-refractivity contribution in [3.8, 4) is 0 Å². The fourth-order valence-corrected chi connectivity index (χ4v) is 2.06. The van der Waals surface area contributed by atoms with Crippen molar-refractivity contribution in [2.45, 2.75) is 30.7 Å². The van der Waals surface area contributed by atoms with Crippen molar-refractivity contribution in [1.82, 2.24) is 0 Å². The van der Waals surface area contributed by atoms with E-state index in [9.17, 15) is 0 Å². The highest BCUT2D eigenvalue weighted by atomic mass is 35.5. The first-order valence-electron chi connectivity index (χ1n) is 5.03. The van der Waals surface area contributed by atoms with E-state index < -0.39 is 0 Å². The minimum Gasteiger partial charge on any atom is -0.373 e. The average molecular weight is 211 g/mol. The number of rotatable bonds is 1. The average Bonchev–Trinajstić information content (AvgIpc) is 2.18. The van der Waals surface area contributed by atoms with Crippen LogP contribution in [0.5, 0.6) is 0 Å². The Hall–Kier alpha value is -0.530. The van der Waals surface area contributed by atoms with Gasteiger partial charge >= 0.3 is 0 Å². The lowest BCUT2D eigenvalue weighted by molar-refractivity contribution is 0.000707. The predicted octanol–water partition coefficient (Wildman–Crippen LogP) is 3.54. The van der Waals surface area contributed by atoms with Gasteiger partial charge in [-0.05, 0) is 25.3 Å². The Kier molecular flexibility index (Phi) is 2.80. The Balaban J connectivity index is 2.12. The predicted molar refractivity (Wildman–Crippen MR) is 58.6 cm³/mol. The quantitative estimate of drug-likeness (QED) is 0.645. The van der Waals surface area contributed by atoms with Gasteiger partial charge in [0.2, 0.25) is 0 Å². The molecule has 0 saturated carbocycles. The summed E-state index contributed by atoms with van der Waals surface area (Å²) in [5.74, 6) is 0. The van der Waals surface area contributed by atoms with Crippen LogP contribution in [-0.4, -0.2) is 11.5 Å². The monoisotopic (exact) mass is 210 g/mol. The van der Waals surface area contributed by atoms with Crippen molar-refractivity contribution in [3.05, 3.63) is 35.9 Å². The van der Waals surface area contributed by atoms with Crippen LogP contribution < -0.4 is 0 Å². The molecule has 1 aromatic carbocycles. The molecule has 0 spiro atoms. The normalized spacial score (nSPS) is 32.9. The van der Waals surface area contributed by atoms with Crippen LogP contribution in [0.2, 0.25) is 0 Å². The van der Waals surface area contributed by atoms with Gasteiger partial charge in [-0.15, -0.1) is 11.6 Å². The van der Waals surface area contributed by atoms with Crippen molar-refractivity contribution in [2.75, 3.05) is 6.61 Å². The summed E-state index contributed by atoms with van der Waals surface area (Å²) in [5, 5.41) is 0. The molecule has 1 saturated heterocycles. The van der Waals surface area contributed by atoms with Gasteiger partial charge in [-0.25, -0.2) is 0 Å². The standard InChI is InChI=1S/C12H15ClO/c1-12(13)7-8-14-11(9-12)10-5-3-2-4-6-10/h2-6,11H,7-9H2,1H3. The zero-order chi connectivity index (χ0) is 10.0. The van der Waals surface area contributed by atoms with E-state index in [0.717, 1.165) is 19.4 Å². The number of hydrogen-bond acceptors (Lipinski definition) is 1. The first-order chi connectivity index (χ1) is 6.67. The molecule has 0 bridgehead atoms. The van der Waals surface area contributed by atoms with Gasteiger partial charge in [0.1, 0.15) is 0 Å². The third-order valence-electron chi connectivity index (χ3n) is 2.72. The van der Waals surface area contributed by atoms with E-state index in [4.69, 9.17) is 16.3 Å². The Morgan fingerprint density at radius 3 is 2.71 bits per heavy atom. The molecule has 1 heterocycles. The van der Waals surface area contributed by atoms with E-state index in [-0.39, 0.29) is 11.0 Å². The SMILES string of the molecule is CC1(Cl)CCOC(c2ccccc2)C1. The smallest absolute Gasteiger partial charge is 0.0841 e. The van der Waals surface area contributed by atoms with Crippen LogP contribution in [0.4, 0.5) is 0 Å². The third kappa shape index (κ3) is 2.28. The minimum absolute atomic E-state index is 0.0985. The second kappa shape index (κ2) is 3.92. The van der Waals surface area contributed by atoms with Crippen LogP contribution in [0, 0.1) is 0 Å². The minimum atomic E-state index is -0.0985. The van der Waals surface area contributed by atoms with Crippen molar-refractivity contribution in [3.63, 3.8) is 0 Å². The largest absolute Gasteiger partial charge is 0.373 e. The van der Waals surface area contributed by atoms with Gasteiger partial charge in [0, 0.05) is 11.5 Å². The van der Waals surface area contributed by atoms with E-state index in [1.54, 1.807) is 0 Å². The van der Waals surface area contributed by atoms with Gasteiger partial charge in [-0.1, -0.05) is 30.3 Å². The van der Waals surface area contributed by atoms with Gasteiger partial charge in [0.25, 0.3) is 0 Å².